The van der Waals surface area contributed by atoms with Gasteiger partial charge in [-0.1, -0.05) is 32.1 Å². The summed E-state index contributed by atoms with van der Waals surface area (Å²) in [5.41, 5.74) is 0.401. The van der Waals surface area contributed by atoms with Crippen molar-refractivity contribution in [2.75, 3.05) is 31.6 Å². The molecule has 3 heterocycles. The molecule has 1 N–H and O–H groups in total. The summed E-state index contributed by atoms with van der Waals surface area (Å²) in [6, 6.07) is 3.76. The molecular formula is C20H25N3O4S. The molecule has 150 valence electrons. The number of benzene rings is 1. The fraction of sp³-hybridized carbons (Fsp3) is 0.550. The van der Waals surface area contributed by atoms with E-state index in [1.807, 2.05) is 37.8 Å². The van der Waals surface area contributed by atoms with E-state index in [1.54, 1.807) is 0 Å². The van der Waals surface area contributed by atoms with Crippen LogP contribution in [0.3, 0.4) is 0 Å². The second kappa shape index (κ2) is 7.24. The molecule has 2 amide bonds. The minimum Gasteiger partial charge on any atom is -0.486 e. The minimum atomic E-state index is -0.386. The van der Waals surface area contributed by atoms with Gasteiger partial charge in [-0.05, 0) is 12.8 Å². The number of aromatic nitrogens is 1. The third-order valence-electron chi connectivity index (χ3n) is 5.08. The number of hydrogen-bond donors (Lipinski definition) is 1. The van der Waals surface area contributed by atoms with Gasteiger partial charge < -0.3 is 19.7 Å². The Hall–Kier alpha value is -2.35. The number of nitrogens with one attached hydrogen (secondary N) is 1. The van der Waals surface area contributed by atoms with Gasteiger partial charge in [-0.25, -0.2) is 4.98 Å². The van der Waals surface area contributed by atoms with Gasteiger partial charge in [0.25, 0.3) is 0 Å². The summed E-state index contributed by atoms with van der Waals surface area (Å²) in [6.07, 6.45) is 1.35. The molecule has 0 atom stereocenters. The lowest BCUT2D eigenvalue weighted by atomic mass is 9.91. The van der Waals surface area contributed by atoms with E-state index in [0.29, 0.717) is 50.0 Å². The number of likely N-dealkylation sites (tertiary alicyclic amines) is 1. The standard InChI is InChI=1S/C20H25N3O4S/c1-20(2,3)18(25)23-6-4-12(5-7-23)17(24)22-19-21-13-10-14-15(11-16(13)28-19)27-9-8-26-14/h10-12H,4-9H2,1-3H3,(H,21,22,24). The first-order valence-corrected chi connectivity index (χ1v) is 10.4. The zero-order chi connectivity index (χ0) is 19.9. The van der Waals surface area contributed by atoms with Crippen molar-refractivity contribution in [3.63, 3.8) is 0 Å². The number of anilines is 1. The van der Waals surface area contributed by atoms with Gasteiger partial charge in [-0.2, -0.15) is 0 Å². The van der Waals surface area contributed by atoms with Crippen molar-refractivity contribution >= 4 is 38.5 Å². The van der Waals surface area contributed by atoms with Crippen molar-refractivity contribution in [3.05, 3.63) is 12.1 Å². The molecule has 0 unspecified atom stereocenters. The van der Waals surface area contributed by atoms with Crippen molar-refractivity contribution < 1.29 is 19.1 Å². The number of carbonyl (C=O) groups excluding carboxylic acids is 2. The van der Waals surface area contributed by atoms with Crippen molar-refractivity contribution in [2.24, 2.45) is 11.3 Å². The molecule has 1 aromatic carbocycles. The first kappa shape index (κ1) is 19.0. The number of thiazole rings is 1. The molecule has 0 saturated carbocycles. The van der Waals surface area contributed by atoms with Gasteiger partial charge in [0.15, 0.2) is 16.6 Å². The van der Waals surface area contributed by atoms with Crippen molar-refractivity contribution in [1.29, 1.82) is 0 Å². The lowest BCUT2D eigenvalue weighted by Crippen LogP contribution is -2.45. The van der Waals surface area contributed by atoms with Gasteiger partial charge in [0, 0.05) is 36.6 Å². The Morgan fingerprint density at radius 3 is 2.43 bits per heavy atom. The Morgan fingerprint density at radius 2 is 1.79 bits per heavy atom. The van der Waals surface area contributed by atoms with Gasteiger partial charge in [0.05, 0.1) is 10.2 Å². The highest BCUT2D eigenvalue weighted by Gasteiger charge is 2.32. The van der Waals surface area contributed by atoms with E-state index in [4.69, 9.17) is 9.47 Å². The van der Waals surface area contributed by atoms with E-state index in [-0.39, 0.29) is 23.1 Å². The number of hydrogen-bond acceptors (Lipinski definition) is 6. The molecule has 0 bridgehead atoms. The van der Waals surface area contributed by atoms with E-state index >= 15 is 0 Å². The second-order valence-corrected chi connectivity index (χ2v) is 9.32. The summed E-state index contributed by atoms with van der Waals surface area (Å²) in [4.78, 5) is 31.5. The van der Waals surface area contributed by atoms with Gasteiger partial charge in [-0.3, -0.25) is 9.59 Å². The smallest absolute Gasteiger partial charge is 0.229 e. The maximum atomic E-state index is 12.7. The van der Waals surface area contributed by atoms with Gasteiger partial charge in [0.2, 0.25) is 11.8 Å². The average molecular weight is 404 g/mol. The van der Waals surface area contributed by atoms with Crippen LogP contribution in [0.1, 0.15) is 33.6 Å². The third kappa shape index (κ3) is 3.78. The Bertz CT molecular complexity index is 867. The molecule has 1 aromatic heterocycles. The van der Waals surface area contributed by atoms with Crippen LogP contribution in [0.2, 0.25) is 0 Å². The van der Waals surface area contributed by atoms with Crippen LogP contribution < -0.4 is 14.8 Å². The number of ether oxygens (including phenoxy) is 2. The van der Waals surface area contributed by atoms with Crippen LogP contribution in [0, 0.1) is 11.3 Å². The molecule has 2 aromatic rings. The van der Waals surface area contributed by atoms with Crippen LogP contribution in [0.5, 0.6) is 11.5 Å². The fourth-order valence-corrected chi connectivity index (χ4v) is 4.42. The molecule has 0 radical (unpaired) electrons. The molecule has 1 saturated heterocycles. The molecule has 2 aliphatic heterocycles. The molecule has 0 aliphatic carbocycles. The van der Waals surface area contributed by atoms with Crippen LogP contribution in [-0.4, -0.2) is 48.0 Å². The Balaban J connectivity index is 1.40. The molecule has 4 rings (SSSR count). The fourth-order valence-electron chi connectivity index (χ4n) is 3.54. The number of fused-ring (bicyclic) bond motifs is 2. The quantitative estimate of drug-likeness (QED) is 0.832. The lowest BCUT2D eigenvalue weighted by molar-refractivity contribution is -0.142. The van der Waals surface area contributed by atoms with E-state index in [1.165, 1.54) is 11.3 Å². The summed E-state index contributed by atoms with van der Waals surface area (Å²) >= 11 is 1.43. The summed E-state index contributed by atoms with van der Waals surface area (Å²) in [5, 5.41) is 3.53. The third-order valence-corrected chi connectivity index (χ3v) is 6.01. The Morgan fingerprint density at radius 1 is 1.14 bits per heavy atom. The number of nitrogens with zero attached hydrogens (tertiary/aromatic N) is 2. The lowest BCUT2D eigenvalue weighted by Gasteiger charge is -2.35. The Labute approximate surface area is 168 Å². The molecule has 28 heavy (non-hydrogen) atoms. The van der Waals surface area contributed by atoms with Crippen molar-refractivity contribution in [1.82, 2.24) is 9.88 Å². The number of carbonyl (C=O) groups is 2. The van der Waals surface area contributed by atoms with Crippen LogP contribution in [0.25, 0.3) is 10.2 Å². The van der Waals surface area contributed by atoms with Gasteiger partial charge in [-0.15, -0.1) is 0 Å². The number of piperidine rings is 1. The summed E-state index contributed by atoms with van der Waals surface area (Å²) in [5.74, 6) is 1.43. The normalized spacial score (nSPS) is 17.6. The zero-order valence-electron chi connectivity index (χ0n) is 16.4. The highest BCUT2D eigenvalue weighted by atomic mass is 32.1. The largest absolute Gasteiger partial charge is 0.486 e. The van der Waals surface area contributed by atoms with E-state index in [0.717, 1.165) is 16.0 Å². The number of amides is 2. The SMILES string of the molecule is CC(C)(C)C(=O)N1CCC(C(=O)Nc2nc3cc4c(cc3s2)OCCO4)CC1. The first-order valence-electron chi connectivity index (χ1n) is 9.62. The maximum absolute atomic E-state index is 12.7. The summed E-state index contributed by atoms with van der Waals surface area (Å²) < 4.78 is 12.1. The molecule has 0 spiro atoms. The predicted molar refractivity (Wildman–Crippen MR) is 108 cm³/mol. The Kier molecular flexibility index (Phi) is 4.91. The van der Waals surface area contributed by atoms with Crippen LogP contribution >= 0.6 is 11.3 Å². The summed E-state index contributed by atoms with van der Waals surface area (Å²) in [6.45, 7) is 8.09. The predicted octanol–water partition coefficient (Wildman–Crippen LogP) is 3.29. The van der Waals surface area contributed by atoms with Crippen molar-refractivity contribution in [2.45, 2.75) is 33.6 Å². The van der Waals surface area contributed by atoms with Crippen molar-refractivity contribution in [3.8, 4) is 11.5 Å². The van der Waals surface area contributed by atoms with Crippen LogP contribution in [-0.2, 0) is 9.59 Å². The summed E-state index contributed by atoms with van der Waals surface area (Å²) in [7, 11) is 0. The van der Waals surface area contributed by atoms with Gasteiger partial charge in [0.1, 0.15) is 13.2 Å². The second-order valence-electron chi connectivity index (χ2n) is 8.29. The maximum Gasteiger partial charge on any atom is 0.229 e. The topological polar surface area (TPSA) is 80.8 Å². The van der Waals surface area contributed by atoms with Crippen LogP contribution in [0.15, 0.2) is 12.1 Å². The van der Waals surface area contributed by atoms with Crippen LogP contribution in [0.4, 0.5) is 5.13 Å². The van der Waals surface area contributed by atoms with E-state index in [2.05, 4.69) is 10.3 Å². The van der Waals surface area contributed by atoms with E-state index in [9.17, 15) is 9.59 Å². The molecule has 8 heteroatoms. The molecular weight excluding hydrogens is 378 g/mol. The highest BCUT2D eigenvalue weighted by Crippen LogP contribution is 2.38. The van der Waals surface area contributed by atoms with Gasteiger partial charge >= 0.3 is 0 Å². The molecule has 2 aliphatic rings. The monoisotopic (exact) mass is 403 g/mol. The van der Waals surface area contributed by atoms with E-state index < -0.39 is 0 Å². The highest BCUT2D eigenvalue weighted by molar-refractivity contribution is 7.22. The average Bonchev–Trinajstić information content (AvgIpc) is 3.05. The molecule has 7 nitrogen and oxygen atoms in total. The minimum absolute atomic E-state index is 0.0285. The zero-order valence-corrected chi connectivity index (χ0v) is 17.2. The molecule has 1 fully saturated rings. The first-order chi connectivity index (χ1) is 13.3. The number of rotatable bonds is 2.